The van der Waals surface area contributed by atoms with E-state index in [1.165, 1.54) is 53.7 Å². The van der Waals surface area contributed by atoms with Crippen LogP contribution in [-0.2, 0) is 0 Å². The zero-order valence-corrected chi connectivity index (χ0v) is 42.7. The molecule has 0 aliphatic carbocycles. The van der Waals surface area contributed by atoms with Gasteiger partial charge in [-0.05, 0) is 132 Å². The first-order chi connectivity index (χ1) is 38.1. The number of hydrogen-bond acceptors (Lipinski definition) is 3. The molecule has 360 valence electrons. The van der Waals surface area contributed by atoms with Gasteiger partial charge in [0.25, 0.3) is 0 Å². The fraction of sp³-hybridized carbons (Fsp3) is 0. The topological polar surface area (TPSA) is 40.4 Å². The molecular formula is C72H45NO3Si. The average molecular weight is 1000 g/mol. The van der Waals surface area contributed by atoms with E-state index in [1.54, 1.807) is 0 Å². The minimum absolute atomic E-state index is 0.856. The Hall–Kier alpha value is -9.94. The van der Waals surface area contributed by atoms with Crippen LogP contribution in [0, 0.1) is 0 Å². The lowest BCUT2D eigenvalue weighted by atomic mass is 10.0. The maximum Gasteiger partial charge on any atom is 0.188 e. The van der Waals surface area contributed by atoms with E-state index in [1.807, 2.05) is 6.07 Å². The van der Waals surface area contributed by atoms with Crippen molar-refractivity contribution >= 4 is 94.5 Å². The van der Waals surface area contributed by atoms with Crippen molar-refractivity contribution in [1.29, 1.82) is 0 Å². The van der Waals surface area contributed by atoms with Gasteiger partial charge >= 0.3 is 0 Å². The fourth-order valence-electron chi connectivity index (χ4n) is 12.6. The summed E-state index contributed by atoms with van der Waals surface area (Å²) in [6, 6.07) is 99.0. The third kappa shape index (κ3) is 6.71. The standard InChI is InChI=1S/C72H45NO3Si/c1-3-14-46(15-4-1)49-29-39-65-61(42-49)62-43-50(30-40-66(62)74-65)47-26-34-54(35-27-47)77(55-36-32-53(33-37-55)73-63-22-9-7-18-57(63)58-19-8-10-23-64(58)73)70-25-12-11-24-67(70)75-69-45-52(31-41-71(69)77)51-28-38-59-60-21-13-20-56(48-16-5-2-6-17-48)72(60)76-68(59)44-51/h1-45H. The lowest BCUT2D eigenvalue weighted by Gasteiger charge is -2.40. The molecule has 1 atom stereocenters. The molecule has 12 aromatic carbocycles. The number of nitrogens with zero attached hydrogens (tertiary/aromatic N) is 1. The highest BCUT2D eigenvalue weighted by Crippen LogP contribution is 2.41. The second kappa shape index (κ2) is 17.0. The molecule has 1 unspecified atom stereocenters. The van der Waals surface area contributed by atoms with Gasteiger partial charge in [-0.15, -0.1) is 0 Å². The summed E-state index contributed by atoms with van der Waals surface area (Å²) in [5.74, 6) is 1.75. The molecule has 1 aliphatic heterocycles. The molecule has 3 aromatic heterocycles. The van der Waals surface area contributed by atoms with E-state index < -0.39 is 8.07 Å². The first-order valence-electron chi connectivity index (χ1n) is 26.3. The molecule has 0 bridgehead atoms. The van der Waals surface area contributed by atoms with Crippen LogP contribution in [0.25, 0.3) is 116 Å². The Morgan fingerprint density at radius 3 is 1.51 bits per heavy atom. The Morgan fingerprint density at radius 1 is 0.286 bits per heavy atom. The zero-order valence-electron chi connectivity index (χ0n) is 41.7. The molecule has 0 saturated carbocycles. The van der Waals surface area contributed by atoms with Gasteiger partial charge in [-0.25, -0.2) is 0 Å². The number of benzene rings is 12. The number of rotatable bonds is 7. The molecular weight excluding hydrogens is 955 g/mol. The maximum absolute atomic E-state index is 7.11. The summed E-state index contributed by atoms with van der Waals surface area (Å²) in [7, 11) is -3.12. The number of aromatic nitrogens is 1. The second-order valence-electron chi connectivity index (χ2n) is 20.3. The number of hydrogen-bond donors (Lipinski definition) is 0. The van der Waals surface area contributed by atoms with E-state index in [2.05, 4.69) is 271 Å². The van der Waals surface area contributed by atoms with E-state index in [9.17, 15) is 0 Å². The minimum Gasteiger partial charge on any atom is -0.458 e. The van der Waals surface area contributed by atoms with Crippen molar-refractivity contribution in [3.8, 4) is 61.7 Å². The third-order valence-corrected chi connectivity index (χ3v) is 21.0. The summed E-state index contributed by atoms with van der Waals surface area (Å²) in [5.41, 5.74) is 16.0. The summed E-state index contributed by atoms with van der Waals surface area (Å²) in [6.45, 7) is 0. The maximum atomic E-state index is 7.11. The minimum atomic E-state index is -3.12. The summed E-state index contributed by atoms with van der Waals surface area (Å²) < 4.78 is 22.7. The van der Waals surface area contributed by atoms with Gasteiger partial charge in [0.2, 0.25) is 0 Å². The van der Waals surface area contributed by atoms with Gasteiger partial charge in [0.15, 0.2) is 8.07 Å². The fourth-order valence-corrected chi connectivity index (χ4v) is 17.5. The second-order valence-corrected chi connectivity index (χ2v) is 24.0. The Kier molecular flexibility index (Phi) is 9.62. The van der Waals surface area contributed by atoms with Crippen LogP contribution in [0.2, 0.25) is 0 Å². The molecule has 0 saturated heterocycles. The van der Waals surface area contributed by atoms with E-state index in [4.69, 9.17) is 13.6 Å². The summed E-state index contributed by atoms with van der Waals surface area (Å²) >= 11 is 0. The van der Waals surface area contributed by atoms with Crippen molar-refractivity contribution in [2.45, 2.75) is 0 Å². The molecule has 0 radical (unpaired) electrons. The van der Waals surface area contributed by atoms with Gasteiger partial charge in [0.1, 0.15) is 33.8 Å². The van der Waals surface area contributed by atoms with Gasteiger partial charge < -0.3 is 18.1 Å². The van der Waals surface area contributed by atoms with Crippen LogP contribution in [0.3, 0.4) is 0 Å². The molecule has 16 rings (SSSR count). The van der Waals surface area contributed by atoms with Crippen LogP contribution >= 0.6 is 0 Å². The van der Waals surface area contributed by atoms with Gasteiger partial charge in [0, 0.05) is 43.6 Å². The molecule has 15 aromatic rings. The van der Waals surface area contributed by atoms with Crippen LogP contribution in [-0.4, -0.2) is 12.6 Å². The van der Waals surface area contributed by atoms with Crippen LogP contribution in [0.1, 0.15) is 0 Å². The molecule has 1 aliphatic rings. The predicted octanol–water partition coefficient (Wildman–Crippen LogP) is 16.7. The summed E-state index contributed by atoms with van der Waals surface area (Å²) in [6.07, 6.45) is 0. The quantitative estimate of drug-likeness (QED) is 0.149. The Labute approximate surface area is 444 Å². The summed E-state index contributed by atoms with van der Waals surface area (Å²) in [4.78, 5) is 0. The highest BCUT2D eigenvalue weighted by molar-refractivity contribution is 7.20. The van der Waals surface area contributed by atoms with Crippen LogP contribution < -0.4 is 25.5 Å². The third-order valence-electron chi connectivity index (χ3n) is 16.2. The summed E-state index contributed by atoms with van der Waals surface area (Å²) in [5, 5.41) is 11.9. The van der Waals surface area contributed by atoms with Gasteiger partial charge in [-0.3, -0.25) is 0 Å². The van der Waals surface area contributed by atoms with Crippen LogP contribution in [0.4, 0.5) is 0 Å². The molecule has 0 N–H and O–H groups in total. The molecule has 4 nitrogen and oxygen atoms in total. The van der Waals surface area contributed by atoms with E-state index in [0.717, 1.165) is 94.4 Å². The highest BCUT2D eigenvalue weighted by Gasteiger charge is 2.48. The lowest BCUT2D eigenvalue weighted by molar-refractivity contribution is 0.487. The lowest BCUT2D eigenvalue weighted by Crippen LogP contribution is -2.76. The van der Waals surface area contributed by atoms with Crippen LogP contribution in [0.5, 0.6) is 11.5 Å². The van der Waals surface area contributed by atoms with Crippen molar-refractivity contribution in [2.24, 2.45) is 0 Å². The predicted molar refractivity (Wildman–Crippen MR) is 321 cm³/mol. The number of fused-ring (bicyclic) bond motifs is 11. The SMILES string of the molecule is c1ccc(-c2ccc3oc4ccc(-c5ccc([Si]6(c7ccc(-n8c9ccccc9c9ccccc98)cc7)c7ccccc7Oc7cc(-c8ccc9c(c8)oc8c(-c%10ccccc%10)cccc89)ccc76)cc5)cc4c3c2)cc1. The monoisotopic (exact) mass is 999 g/mol. The number of ether oxygens (including phenoxy) is 1. The number of furan rings is 2. The number of para-hydroxylation sites is 4. The molecule has 0 spiro atoms. The van der Waals surface area contributed by atoms with E-state index >= 15 is 0 Å². The zero-order chi connectivity index (χ0) is 50.6. The molecule has 4 heterocycles. The Morgan fingerprint density at radius 2 is 0.805 bits per heavy atom. The van der Waals surface area contributed by atoms with Gasteiger partial charge in [0.05, 0.1) is 11.0 Å². The Bertz CT molecular complexity index is 4770. The first-order valence-corrected chi connectivity index (χ1v) is 28.3. The van der Waals surface area contributed by atoms with Gasteiger partial charge in [-0.1, -0.05) is 200 Å². The van der Waals surface area contributed by atoms with E-state index in [-0.39, 0.29) is 0 Å². The molecule has 77 heavy (non-hydrogen) atoms. The van der Waals surface area contributed by atoms with Crippen molar-refractivity contribution in [2.75, 3.05) is 0 Å². The van der Waals surface area contributed by atoms with Crippen LogP contribution in [0.15, 0.2) is 282 Å². The van der Waals surface area contributed by atoms with Crippen molar-refractivity contribution in [1.82, 2.24) is 4.57 Å². The van der Waals surface area contributed by atoms with Crippen molar-refractivity contribution in [3.05, 3.63) is 273 Å². The Balaban J connectivity index is 0.859. The van der Waals surface area contributed by atoms with Crippen molar-refractivity contribution < 1.29 is 13.6 Å². The van der Waals surface area contributed by atoms with Crippen molar-refractivity contribution in [3.63, 3.8) is 0 Å². The van der Waals surface area contributed by atoms with E-state index in [0.29, 0.717) is 0 Å². The first kappa shape index (κ1) is 43.5. The smallest absolute Gasteiger partial charge is 0.188 e. The highest BCUT2D eigenvalue weighted by atomic mass is 28.3. The molecule has 5 heteroatoms. The average Bonchev–Trinajstić information content (AvgIpc) is 4.25. The molecule has 0 amide bonds. The normalized spacial score (nSPS) is 14.1. The largest absolute Gasteiger partial charge is 0.458 e. The molecule has 0 fully saturated rings. The van der Waals surface area contributed by atoms with Gasteiger partial charge in [-0.2, -0.15) is 0 Å².